The average Bonchev–Trinajstić information content (AvgIpc) is 3.30. The Balaban J connectivity index is 1.70. The van der Waals surface area contributed by atoms with Crippen molar-refractivity contribution >= 4 is 0 Å². The Kier molecular flexibility index (Phi) is 6.40. The smallest absolute Gasteiger partial charge is 0.258 e. The average molecular weight is 416 g/mol. The Morgan fingerprint density at radius 2 is 1.77 bits per heavy atom. The fourth-order valence-corrected chi connectivity index (χ4v) is 3.58. The largest absolute Gasteiger partial charge is 0.496 e. The summed E-state index contributed by atoms with van der Waals surface area (Å²) in [7, 11) is 3.33. The quantitative estimate of drug-likeness (QED) is 0.446. The van der Waals surface area contributed by atoms with Crippen LogP contribution in [0.15, 0.2) is 71.3 Å². The number of hydrogen-bond donors (Lipinski definition) is 1. The molecule has 4 aromatic rings. The molecular weight excluding hydrogens is 392 g/mol. The molecule has 6 nitrogen and oxygen atoms in total. The molecule has 0 amide bonds. The molecule has 31 heavy (non-hydrogen) atoms. The van der Waals surface area contributed by atoms with Crippen LogP contribution in [0.5, 0.6) is 5.75 Å². The molecule has 0 fully saturated rings. The molecule has 0 bridgehead atoms. The highest BCUT2D eigenvalue weighted by Crippen LogP contribution is 2.35. The molecule has 0 aliphatic rings. The van der Waals surface area contributed by atoms with Gasteiger partial charge in [0.2, 0.25) is 5.82 Å². The van der Waals surface area contributed by atoms with Gasteiger partial charge in [0.25, 0.3) is 5.89 Å². The zero-order chi connectivity index (χ0) is 21.6. The number of ether oxygens (including phenoxy) is 2. The molecule has 0 saturated heterocycles. The fourth-order valence-electron chi connectivity index (χ4n) is 3.58. The monoisotopic (exact) mass is 416 g/mol. The van der Waals surface area contributed by atoms with Crippen LogP contribution in [0, 0.1) is 0 Å². The minimum absolute atomic E-state index is 0.0990. The van der Waals surface area contributed by atoms with E-state index in [1.807, 2.05) is 66.7 Å². The van der Waals surface area contributed by atoms with Gasteiger partial charge in [0.15, 0.2) is 0 Å². The number of nitrogens with zero attached hydrogens (tertiary/aromatic N) is 2. The predicted molar refractivity (Wildman–Crippen MR) is 119 cm³/mol. The lowest BCUT2D eigenvalue weighted by Crippen LogP contribution is -1.95. The van der Waals surface area contributed by atoms with Crippen LogP contribution in [0.2, 0.25) is 0 Å². The molecule has 6 heteroatoms. The van der Waals surface area contributed by atoms with Crippen LogP contribution >= 0.6 is 0 Å². The number of aromatic nitrogens is 2. The number of hydrogen-bond acceptors (Lipinski definition) is 6. The minimum Gasteiger partial charge on any atom is -0.496 e. The van der Waals surface area contributed by atoms with Gasteiger partial charge in [-0.2, -0.15) is 4.98 Å². The maximum Gasteiger partial charge on any atom is 0.258 e. The van der Waals surface area contributed by atoms with Gasteiger partial charge >= 0.3 is 0 Å². The van der Waals surface area contributed by atoms with Gasteiger partial charge in [-0.1, -0.05) is 47.6 Å². The van der Waals surface area contributed by atoms with E-state index in [0.717, 1.165) is 39.1 Å². The maximum atomic E-state index is 9.17. The van der Waals surface area contributed by atoms with Crippen LogP contribution in [-0.4, -0.2) is 36.1 Å². The number of para-hydroxylation sites is 1. The molecule has 0 atom stereocenters. The third kappa shape index (κ3) is 4.50. The minimum atomic E-state index is 0.0990. The lowest BCUT2D eigenvalue weighted by Gasteiger charge is -2.13. The summed E-state index contributed by atoms with van der Waals surface area (Å²) in [5.74, 6) is 1.75. The molecule has 0 spiro atoms. The number of methoxy groups -OCH3 is 2. The first kappa shape index (κ1) is 20.8. The Morgan fingerprint density at radius 3 is 2.58 bits per heavy atom. The van der Waals surface area contributed by atoms with E-state index in [1.165, 1.54) is 0 Å². The Bertz CT molecular complexity index is 1170. The first-order valence-electron chi connectivity index (χ1n) is 10.0. The van der Waals surface area contributed by atoms with Crippen LogP contribution < -0.4 is 4.74 Å². The van der Waals surface area contributed by atoms with Crippen LogP contribution in [0.1, 0.15) is 11.1 Å². The number of rotatable bonds is 8. The Morgan fingerprint density at radius 1 is 0.903 bits per heavy atom. The zero-order valence-electron chi connectivity index (χ0n) is 17.5. The normalized spacial score (nSPS) is 10.9. The molecule has 0 aliphatic carbocycles. The van der Waals surface area contributed by atoms with Gasteiger partial charge in [-0.05, 0) is 47.4 Å². The molecule has 1 heterocycles. The fraction of sp³-hybridized carbons (Fsp3) is 0.200. The van der Waals surface area contributed by atoms with Crippen molar-refractivity contribution in [3.63, 3.8) is 0 Å². The van der Waals surface area contributed by atoms with E-state index >= 15 is 0 Å². The first-order chi connectivity index (χ1) is 15.2. The SMILES string of the molecule is COCc1cc(-c2nc(-c3cccc(CCO)c3)no2)ccc1-c1ccccc1OC. The Labute approximate surface area is 181 Å². The van der Waals surface area contributed by atoms with E-state index in [9.17, 15) is 5.11 Å². The van der Waals surface area contributed by atoms with Crippen LogP contribution in [-0.2, 0) is 17.8 Å². The second kappa shape index (κ2) is 9.55. The maximum absolute atomic E-state index is 9.17. The van der Waals surface area contributed by atoms with Gasteiger partial charge in [-0.15, -0.1) is 0 Å². The van der Waals surface area contributed by atoms with Crippen LogP contribution in [0.4, 0.5) is 0 Å². The van der Waals surface area contributed by atoms with Crippen molar-refractivity contribution in [2.24, 2.45) is 0 Å². The van der Waals surface area contributed by atoms with E-state index in [4.69, 9.17) is 14.0 Å². The van der Waals surface area contributed by atoms with Crippen molar-refractivity contribution in [3.8, 4) is 39.7 Å². The second-order valence-electron chi connectivity index (χ2n) is 7.10. The topological polar surface area (TPSA) is 77.6 Å². The summed E-state index contributed by atoms with van der Waals surface area (Å²) in [5.41, 5.74) is 5.71. The lowest BCUT2D eigenvalue weighted by atomic mass is 9.97. The molecule has 0 aliphatic heterocycles. The highest BCUT2D eigenvalue weighted by Gasteiger charge is 2.15. The molecule has 3 aromatic carbocycles. The van der Waals surface area contributed by atoms with E-state index in [-0.39, 0.29) is 6.61 Å². The lowest BCUT2D eigenvalue weighted by molar-refractivity contribution is 0.185. The number of aliphatic hydroxyl groups is 1. The van der Waals surface area contributed by atoms with Gasteiger partial charge in [0, 0.05) is 30.4 Å². The number of benzene rings is 3. The van der Waals surface area contributed by atoms with E-state index in [0.29, 0.717) is 24.7 Å². The molecule has 4 rings (SSSR count). The summed E-state index contributed by atoms with van der Waals surface area (Å²) in [6.45, 7) is 0.535. The van der Waals surface area contributed by atoms with Crippen molar-refractivity contribution in [1.82, 2.24) is 10.1 Å². The molecule has 1 aromatic heterocycles. The second-order valence-corrected chi connectivity index (χ2v) is 7.10. The van der Waals surface area contributed by atoms with Gasteiger partial charge in [0.05, 0.1) is 13.7 Å². The molecule has 158 valence electrons. The molecule has 0 saturated carbocycles. The van der Waals surface area contributed by atoms with Crippen molar-refractivity contribution < 1.29 is 19.1 Å². The zero-order valence-corrected chi connectivity index (χ0v) is 17.5. The standard InChI is InChI=1S/C25H24N2O4/c1-29-16-20-15-19(10-11-21(20)22-8-3-4-9-23(22)30-2)25-26-24(27-31-25)18-7-5-6-17(14-18)12-13-28/h3-11,14-15,28H,12-13,16H2,1-2H3. The summed E-state index contributed by atoms with van der Waals surface area (Å²) in [6.07, 6.45) is 0.587. The summed E-state index contributed by atoms with van der Waals surface area (Å²) >= 11 is 0. The molecular formula is C25H24N2O4. The van der Waals surface area contributed by atoms with Crippen molar-refractivity contribution in [3.05, 3.63) is 77.9 Å². The van der Waals surface area contributed by atoms with E-state index in [1.54, 1.807) is 14.2 Å². The van der Waals surface area contributed by atoms with Crippen molar-refractivity contribution in [1.29, 1.82) is 0 Å². The predicted octanol–water partition coefficient (Wildman–Crippen LogP) is 4.76. The van der Waals surface area contributed by atoms with Gasteiger partial charge < -0.3 is 19.1 Å². The van der Waals surface area contributed by atoms with E-state index < -0.39 is 0 Å². The Hall–Kier alpha value is -3.48. The van der Waals surface area contributed by atoms with Crippen LogP contribution in [0.25, 0.3) is 34.0 Å². The van der Waals surface area contributed by atoms with Crippen molar-refractivity contribution in [2.75, 3.05) is 20.8 Å². The highest BCUT2D eigenvalue weighted by atomic mass is 16.5. The summed E-state index contributed by atoms with van der Waals surface area (Å²) < 4.78 is 16.5. The van der Waals surface area contributed by atoms with Gasteiger partial charge in [0.1, 0.15) is 5.75 Å². The van der Waals surface area contributed by atoms with Crippen molar-refractivity contribution in [2.45, 2.75) is 13.0 Å². The molecule has 1 N–H and O–H groups in total. The first-order valence-corrected chi connectivity index (χ1v) is 10.0. The summed E-state index contributed by atoms with van der Waals surface area (Å²) in [4.78, 5) is 4.58. The molecule has 0 unspecified atom stereocenters. The summed E-state index contributed by atoms with van der Waals surface area (Å²) in [6, 6.07) is 21.7. The third-order valence-electron chi connectivity index (χ3n) is 5.06. The molecule has 0 radical (unpaired) electrons. The van der Waals surface area contributed by atoms with Gasteiger partial charge in [-0.3, -0.25) is 0 Å². The van der Waals surface area contributed by atoms with Gasteiger partial charge in [-0.25, -0.2) is 0 Å². The van der Waals surface area contributed by atoms with Crippen LogP contribution in [0.3, 0.4) is 0 Å². The summed E-state index contributed by atoms with van der Waals surface area (Å²) in [5, 5.41) is 13.3. The van der Waals surface area contributed by atoms with E-state index in [2.05, 4.69) is 10.1 Å². The number of aliphatic hydroxyl groups excluding tert-OH is 1. The third-order valence-corrected chi connectivity index (χ3v) is 5.06. The highest BCUT2D eigenvalue weighted by molar-refractivity contribution is 5.76.